The quantitative estimate of drug-likeness (QED) is 0.524. The smallest absolute Gasteiger partial charge is 0.308 e. The van der Waals surface area contributed by atoms with E-state index in [2.05, 4.69) is 0 Å². The van der Waals surface area contributed by atoms with Crippen molar-refractivity contribution in [3.8, 4) is 0 Å². The van der Waals surface area contributed by atoms with Gasteiger partial charge >= 0.3 is 17.9 Å². The van der Waals surface area contributed by atoms with E-state index in [0.29, 0.717) is 0 Å². The van der Waals surface area contributed by atoms with Gasteiger partial charge in [-0.3, -0.25) is 14.4 Å². The van der Waals surface area contributed by atoms with E-state index >= 15 is 0 Å². The maximum atomic E-state index is 11.4. The van der Waals surface area contributed by atoms with Gasteiger partial charge in [-0.05, 0) is 23.7 Å². The van der Waals surface area contributed by atoms with Crippen LogP contribution in [0.5, 0.6) is 0 Å². The van der Waals surface area contributed by atoms with Crippen molar-refractivity contribution in [2.75, 3.05) is 0 Å². The molecule has 0 saturated heterocycles. The van der Waals surface area contributed by atoms with Crippen LogP contribution in [0.1, 0.15) is 0 Å². The van der Waals surface area contributed by atoms with Gasteiger partial charge in [-0.15, -0.1) is 11.6 Å². The van der Waals surface area contributed by atoms with E-state index in [9.17, 15) is 29.7 Å². The van der Waals surface area contributed by atoms with Crippen LogP contribution in [-0.2, 0) is 14.4 Å². The molecule has 2 bridgehead atoms. The fourth-order valence-corrected chi connectivity index (χ4v) is 4.98. The minimum Gasteiger partial charge on any atom is -0.481 e. The van der Waals surface area contributed by atoms with Crippen LogP contribution in [0.4, 0.5) is 0 Å². The molecule has 4 aliphatic carbocycles. The summed E-state index contributed by atoms with van der Waals surface area (Å²) in [5, 5.41) is 27.2. The first-order chi connectivity index (χ1) is 9.36. The summed E-state index contributed by atoms with van der Waals surface area (Å²) in [6.45, 7) is 0. The van der Waals surface area contributed by atoms with Gasteiger partial charge in [-0.1, -0.05) is 12.2 Å². The van der Waals surface area contributed by atoms with Gasteiger partial charge in [0.05, 0.1) is 23.1 Å². The SMILES string of the molecule is O=C(O)C1C2C=CC(C1C(=O)O)C1C(C(=O)O)C(Cl)C21. The Balaban J connectivity index is 2.02. The van der Waals surface area contributed by atoms with Crippen molar-refractivity contribution in [1.82, 2.24) is 0 Å². The van der Waals surface area contributed by atoms with Gasteiger partial charge in [-0.2, -0.15) is 0 Å². The highest BCUT2D eigenvalue weighted by atomic mass is 35.5. The van der Waals surface area contributed by atoms with E-state index in [1.54, 1.807) is 12.2 Å². The summed E-state index contributed by atoms with van der Waals surface area (Å²) in [5.74, 6) is -7.98. The number of carbonyl (C=O) groups is 3. The number of hydrogen-bond acceptors (Lipinski definition) is 3. The largest absolute Gasteiger partial charge is 0.481 e. The zero-order valence-corrected chi connectivity index (χ0v) is 11.0. The van der Waals surface area contributed by atoms with E-state index in [-0.39, 0.29) is 11.8 Å². The third-order valence-corrected chi connectivity index (χ3v) is 5.65. The van der Waals surface area contributed by atoms with Crippen LogP contribution >= 0.6 is 11.6 Å². The summed E-state index contributed by atoms with van der Waals surface area (Å²) < 4.78 is 0. The molecule has 2 fully saturated rings. The van der Waals surface area contributed by atoms with Crippen LogP contribution in [0.25, 0.3) is 0 Å². The summed E-state index contributed by atoms with van der Waals surface area (Å²) in [6.07, 6.45) is 3.38. The lowest BCUT2D eigenvalue weighted by Crippen LogP contribution is -2.66. The highest BCUT2D eigenvalue weighted by Crippen LogP contribution is 2.63. The third kappa shape index (κ3) is 1.48. The number of hydrogen-bond donors (Lipinski definition) is 3. The first-order valence-electron chi connectivity index (χ1n) is 6.37. The highest BCUT2D eigenvalue weighted by molar-refractivity contribution is 6.23. The first-order valence-corrected chi connectivity index (χ1v) is 6.80. The van der Waals surface area contributed by atoms with Gasteiger partial charge < -0.3 is 15.3 Å². The monoisotopic (exact) mass is 300 g/mol. The van der Waals surface area contributed by atoms with Crippen molar-refractivity contribution < 1.29 is 29.7 Å². The number of carboxylic acid groups (broad SMARTS) is 3. The number of halogens is 1. The molecule has 0 aromatic carbocycles. The second-order valence-corrected chi connectivity index (χ2v) is 6.23. The van der Waals surface area contributed by atoms with Gasteiger partial charge in [0.1, 0.15) is 0 Å². The van der Waals surface area contributed by atoms with Crippen molar-refractivity contribution in [3.63, 3.8) is 0 Å². The van der Waals surface area contributed by atoms with Crippen LogP contribution in [0.15, 0.2) is 12.2 Å². The van der Waals surface area contributed by atoms with Crippen molar-refractivity contribution >= 4 is 29.5 Å². The Morgan fingerprint density at radius 3 is 1.55 bits per heavy atom. The van der Waals surface area contributed by atoms with Crippen molar-refractivity contribution in [2.24, 2.45) is 41.4 Å². The molecule has 20 heavy (non-hydrogen) atoms. The standard InChI is InChI=1S/C13H13ClO6/c14-10-6-4-2-1-3(5(6)9(10)13(19)20)7(11(15)16)8(4)12(17)18/h1-10H,(H,15,16)(H,17,18)(H,19,20). The van der Waals surface area contributed by atoms with Crippen LogP contribution in [0.2, 0.25) is 0 Å². The zero-order chi connectivity index (χ0) is 14.8. The summed E-state index contributed by atoms with van der Waals surface area (Å²) in [4.78, 5) is 34.1. The molecule has 2 saturated carbocycles. The molecule has 8 unspecified atom stereocenters. The van der Waals surface area contributed by atoms with E-state index in [1.165, 1.54) is 0 Å². The number of rotatable bonds is 3. The van der Waals surface area contributed by atoms with E-state index in [1.807, 2.05) is 0 Å². The predicted molar refractivity (Wildman–Crippen MR) is 66.1 cm³/mol. The number of fused-ring (bicyclic) bond motifs is 1. The van der Waals surface area contributed by atoms with Gasteiger partial charge in [0.2, 0.25) is 0 Å². The van der Waals surface area contributed by atoms with Crippen molar-refractivity contribution in [2.45, 2.75) is 5.38 Å². The molecule has 0 aromatic rings. The number of allylic oxidation sites excluding steroid dienone is 2. The van der Waals surface area contributed by atoms with Crippen LogP contribution in [-0.4, -0.2) is 38.6 Å². The third-order valence-electron chi connectivity index (χ3n) is 5.09. The summed E-state index contributed by atoms with van der Waals surface area (Å²) in [6, 6.07) is 0. The van der Waals surface area contributed by atoms with Crippen molar-refractivity contribution in [1.29, 1.82) is 0 Å². The fourth-order valence-electron chi connectivity index (χ4n) is 4.37. The molecule has 0 heterocycles. The number of alkyl halides is 1. The number of aliphatic carboxylic acids is 3. The van der Waals surface area contributed by atoms with E-state index < -0.39 is 52.9 Å². The molecule has 4 rings (SSSR count). The van der Waals surface area contributed by atoms with Gasteiger partial charge in [0, 0.05) is 0 Å². The zero-order valence-electron chi connectivity index (χ0n) is 10.2. The molecule has 0 aliphatic heterocycles. The van der Waals surface area contributed by atoms with Crippen LogP contribution in [0.3, 0.4) is 0 Å². The van der Waals surface area contributed by atoms with Crippen LogP contribution in [0, 0.1) is 41.4 Å². The minimum absolute atomic E-state index is 0.260. The van der Waals surface area contributed by atoms with Gasteiger partial charge in [0.15, 0.2) is 0 Å². The number of carboxylic acids is 3. The molecule has 4 aliphatic rings. The normalized spacial score (nSPS) is 48.2. The molecule has 0 amide bonds. The Bertz CT molecular complexity index is 529. The average molecular weight is 301 g/mol. The lowest BCUT2D eigenvalue weighted by Gasteiger charge is -2.61. The Kier molecular flexibility index (Phi) is 2.83. The Hall–Kier alpha value is -1.56. The van der Waals surface area contributed by atoms with E-state index in [4.69, 9.17) is 11.6 Å². The summed E-state index contributed by atoms with van der Waals surface area (Å²) in [5.41, 5.74) is 0. The predicted octanol–water partition coefficient (Wildman–Crippen LogP) is 0.758. The second kappa shape index (κ2) is 4.22. The van der Waals surface area contributed by atoms with Gasteiger partial charge in [-0.25, -0.2) is 0 Å². The molecular weight excluding hydrogens is 288 g/mol. The lowest BCUT2D eigenvalue weighted by molar-refractivity contribution is -0.182. The molecule has 3 N–H and O–H groups in total. The second-order valence-electron chi connectivity index (χ2n) is 5.73. The van der Waals surface area contributed by atoms with Gasteiger partial charge in [0.25, 0.3) is 0 Å². The minimum atomic E-state index is -1.18. The Morgan fingerprint density at radius 1 is 0.750 bits per heavy atom. The summed E-state index contributed by atoms with van der Waals surface area (Å²) >= 11 is 6.12. The molecule has 0 radical (unpaired) electrons. The molecular formula is C13H13ClO6. The molecule has 6 nitrogen and oxygen atoms in total. The lowest BCUT2D eigenvalue weighted by atomic mass is 9.43. The molecule has 0 spiro atoms. The summed E-state index contributed by atoms with van der Waals surface area (Å²) in [7, 11) is 0. The molecule has 7 heteroatoms. The fraction of sp³-hybridized carbons (Fsp3) is 0.615. The molecule has 0 aromatic heterocycles. The van der Waals surface area contributed by atoms with Crippen molar-refractivity contribution in [3.05, 3.63) is 12.2 Å². The average Bonchev–Trinajstić information content (AvgIpc) is 2.35. The maximum absolute atomic E-state index is 11.4. The Morgan fingerprint density at radius 2 is 1.15 bits per heavy atom. The molecule has 108 valence electrons. The highest BCUT2D eigenvalue weighted by Gasteiger charge is 2.68. The maximum Gasteiger partial charge on any atom is 0.308 e. The van der Waals surface area contributed by atoms with Crippen LogP contribution < -0.4 is 0 Å². The Labute approximate surface area is 119 Å². The first kappa shape index (κ1) is 13.4. The van der Waals surface area contributed by atoms with E-state index in [0.717, 1.165) is 0 Å². The molecule has 8 atom stereocenters. The topological polar surface area (TPSA) is 112 Å².